The van der Waals surface area contributed by atoms with Gasteiger partial charge < -0.3 is 24.8 Å². The molecule has 0 saturated carbocycles. The van der Waals surface area contributed by atoms with Crippen LogP contribution in [0.5, 0.6) is 0 Å². The van der Waals surface area contributed by atoms with E-state index >= 15 is 0 Å². The molecule has 44 heavy (non-hydrogen) atoms. The van der Waals surface area contributed by atoms with Gasteiger partial charge in [0.25, 0.3) is 11.5 Å². The second-order valence-electron chi connectivity index (χ2n) is 12.1. The molecule has 230 valence electrons. The summed E-state index contributed by atoms with van der Waals surface area (Å²) in [6, 6.07) is 9.26. The number of hydrogen-bond acceptors (Lipinski definition) is 8. The molecule has 0 unspecified atom stereocenters. The number of pyridine rings is 1. The number of benzene rings is 1. The zero-order valence-corrected chi connectivity index (χ0v) is 24.8. The van der Waals surface area contributed by atoms with Gasteiger partial charge in [0.2, 0.25) is 5.78 Å². The van der Waals surface area contributed by atoms with E-state index in [-0.39, 0.29) is 31.0 Å². The first-order valence-electron chi connectivity index (χ1n) is 15.0. The van der Waals surface area contributed by atoms with Gasteiger partial charge in [-0.15, -0.1) is 0 Å². The number of aliphatic hydroxyl groups excluding tert-OH is 1. The highest BCUT2D eigenvalue weighted by Gasteiger charge is 2.44. The molecule has 2 N–H and O–H groups in total. The van der Waals surface area contributed by atoms with Crippen LogP contribution < -0.4 is 15.8 Å². The van der Waals surface area contributed by atoms with E-state index in [2.05, 4.69) is 15.3 Å². The standard InChI is InChI=1S/C32H35F2N7O3/c1-37-14-20(12-25(31(37)44)35-29-13-21(38(2)36-29)15-39-18-32(33,34)19-39)22-7-5-9-26(24(22)17-42)40-10-11-41-27-8-4-3-6-23(27)30(43)28(41)16-40/h5,7,9,12-14,16,42H,3-4,6,8,10-11,15,17-19H2,1-2H3,(H,35,36). The van der Waals surface area contributed by atoms with Gasteiger partial charge in [-0.1, -0.05) is 12.1 Å². The zero-order chi connectivity index (χ0) is 30.7. The van der Waals surface area contributed by atoms with Crippen molar-refractivity contribution in [2.75, 3.05) is 36.4 Å². The lowest BCUT2D eigenvalue weighted by atomic mass is 9.96. The average Bonchev–Trinajstić information content (AvgIpc) is 3.49. The minimum atomic E-state index is -2.65. The van der Waals surface area contributed by atoms with Crippen molar-refractivity contribution in [3.63, 3.8) is 0 Å². The Morgan fingerprint density at radius 2 is 1.86 bits per heavy atom. The van der Waals surface area contributed by atoms with Crippen LogP contribution in [0.25, 0.3) is 11.1 Å². The zero-order valence-electron chi connectivity index (χ0n) is 24.8. The summed E-state index contributed by atoms with van der Waals surface area (Å²) in [5, 5.41) is 18.2. The summed E-state index contributed by atoms with van der Waals surface area (Å²) in [5.74, 6) is -2.10. The Kier molecular flexibility index (Phi) is 6.93. The molecular weight excluding hydrogens is 568 g/mol. The van der Waals surface area contributed by atoms with Gasteiger partial charge in [0.05, 0.1) is 25.4 Å². The molecule has 1 aromatic carbocycles. The lowest BCUT2D eigenvalue weighted by molar-refractivity contribution is -0.134. The van der Waals surface area contributed by atoms with Crippen LogP contribution in [0, 0.1) is 0 Å². The molecule has 0 bridgehead atoms. The van der Waals surface area contributed by atoms with Crippen molar-refractivity contribution in [3.05, 3.63) is 81.3 Å². The third kappa shape index (κ3) is 4.91. The number of aliphatic hydroxyl groups is 1. The summed E-state index contributed by atoms with van der Waals surface area (Å²) in [6.07, 6.45) is 7.57. The third-order valence-electron chi connectivity index (χ3n) is 9.05. The summed E-state index contributed by atoms with van der Waals surface area (Å²) in [7, 11) is 3.41. The van der Waals surface area contributed by atoms with Crippen molar-refractivity contribution in [2.45, 2.75) is 44.8 Å². The number of allylic oxidation sites excluding steroid dienone is 2. The van der Waals surface area contributed by atoms with E-state index in [1.165, 1.54) is 10.3 Å². The number of aromatic nitrogens is 3. The lowest BCUT2D eigenvalue weighted by Crippen LogP contribution is -2.55. The Balaban J connectivity index is 1.18. The van der Waals surface area contributed by atoms with Crippen molar-refractivity contribution in [3.8, 4) is 11.1 Å². The molecule has 5 heterocycles. The van der Waals surface area contributed by atoms with Crippen LogP contribution in [-0.4, -0.2) is 67.1 Å². The Hall–Kier alpha value is -4.29. The molecule has 1 aliphatic carbocycles. The summed E-state index contributed by atoms with van der Waals surface area (Å²) in [6.45, 7) is 0.908. The minimum absolute atomic E-state index is 0.111. The molecule has 7 rings (SSSR count). The van der Waals surface area contributed by atoms with Crippen LogP contribution in [0.3, 0.4) is 0 Å². The number of aryl methyl sites for hydroxylation is 2. The molecule has 12 heteroatoms. The first-order valence-corrected chi connectivity index (χ1v) is 15.0. The number of nitrogens with zero attached hydrogens (tertiary/aromatic N) is 6. The van der Waals surface area contributed by atoms with Gasteiger partial charge in [-0.05, 0) is 43.4 Å². The second-order valence-corrected chi connectivity index (χ2v) is 12.1. The lowest BCUT2D eigenvalue weighted by Gasteiger charge is -2.38. The molecular formula is C32H35F2N7O3. The van der Waals surface area contributed by atoms with Crippen LogP contribution in [-0.2, 0) is 32.0 Å². The SMILES string of the molecule is Cn1nc(Nc2cc(-c3cccc(N4C=C5C(=O)C6=C(CCCC6)N5CC4)c3CO)cn(C)c2=O)cc1CN1CC(F)(F)C1. The average molecular weight is 604 g/mol. The number of halogens is 2. The number of Topliss-reactive ketones (excluding diaryl/α,β-unsaturated/α-hetero) is 1. The molecule has 10 nitrogen and oxygen atoms in total. The van der Waals surface area contributed by atoms with Gasteiger partial charge in [-0.25, -0.2) is 8.78 Å². The number of rotatable bonds is 7. The van der Waals surface area contributed by atoms with E-state index < -0.39 is 5.92 Å². The third-order valence-corrected chi connectivity index (χ3v) is 9.05. The Morgan fingerprint density at radius 3 is 2.64 bits per heavy atom. The smallest absolute Gasteiger partial charge is 0.274 e. The first-order chi connectivity index (χ1) is 21.1. The highest BCUT2D eigenvalue weighted by atomic mass is 19.3. The fourth-order valence-electron chi connectivity index (χ4n) is 6.88. The van der Waals surface area contributed by atoms with Crippen molar-refractivity contribution in [1.29, 1.82) is 0 Å². The van der Waals surface area contributed by atoms with Crippen LogP contribution >= 0.6 is 0 Å². The maximum Gasteiger partial charge on any atom is 0.274 e. The summed E-state index contributed by atoms with van der Waals surface area (Å²) in [4.78, 5) is 32.2. The van der Waals surface area contributed by atoms with Crippen LogP contribution in [0.15, 0.2) is 64.5 Å². The van der Waals surface area contributed by atoms with Crippen LogP contribution in [0.2, 0.25) is 0 Å². The fraction of sp³-hybridized carbons (Fsp3) is 0.406. The van der Waals surface area contributed by atoms with Gasteiger partial charge >= 0.3 is 0 Å². The van der Waals surface area contributed by atoms with Crippen LogP contribution in [0.1, 0.15) is 36.9 Å². The number of alkyl halides is 2. The molecule has 1 saturated heterocycles. The van der Waals surface area contributed by atoms with E-state index in [0.717, 1.165) is 53.8 Å². The van der Waals surface area contributed by atoms with Gasteiger partial charge in [-0.2, -0.15) is 5.10 Å². The number of fused-ring (bicyclic) bond motifs is 2. The van der Waals surface area contributed by atoms with Gasteiger partial charge in [-0.3, -0.25) is 19.2 Å². The fourth-order valence-corrected chi connectivity index (χ4v) is 6.88. The summed E-state index contributed by atoms with van der Waals surface area (Å²) >= 11 is 0. The van der Waals surface area contributed by atoms with Crippen molar-refractivity contribution in [1.82, 2.24) is 24.1 Å². The Morgan fingerprint density at radius 1 is 1.07 bits per heavy atom. The maximum atomic E-state index is 13.3. The Labute approximate surface area is 253 Å². The molecule has 1 fully saturated rings. The topological polar surface area (TPSA) is 98.9 Å². The molecule has 3 aliphatic heterocycles. The number of hydrogen-bond donors (Lipinski definition) is 2. The Bertz CT molecular complexity index is 1780. The van der Waals surface area contributed by atoms with E-state index in [1.54, 1.807) is 42.0 Å². The summed E-state index contributed by atoms with van der Waals surface area (Å²) in [5.41, 5.74) is 6.59. The summed E-state index contributed by atoms with van der Waals surface area (Å²) < 4.78 is 29.7. The number of carbonyl (C=O) groups is 1. The molecule has 3 aromatic rings. The second kappa shape index (κ2) is 10.7. The van der Waals surface area contributed by atoms with E-state index in [1.807, 2.05) is 29.3 Å². The first kappa shape index (κ1) is 28.5. The molecule has 0 radical (unpaired) electrons. The van der Waals surface area contributed by atoms with Gasteiger partial charge in [0, 0.05) is 80.3 Å². The molecule has 4 aliphatic rings. The predicted octanol–water partition coefficient (Wildman–Crippen LogP) is 3.85. The highest BCUT2D eigenvalue weighted by Crippen LogP contribution is 2.41. The predicted molar refractivity (Wildman–Crippen MR) is 162 cm³/mol. The largest absolute Gasteiger partial charge is 0.392 e. The van der Waals surface area contributed by atoms with E-state index in [0.29, 0.717) is 42.4 Å². The molecule has 2 aromatic heterocycles. The normalized spacial score (nSPS) is 19.6. The van der Waals surface area contributed by atoms with Crippen molar-refractivity contribution < 1.29 is 18.7 Å². The monoisotopic (exact) mass is 603 g/mol. The van der Waals surface area contributed by atoms with Gasteiger partial charge in [0.1, 0.15) is 11.4 Å². The van der Waals surface area contributed by atoms with Crippen LogP contribution in [0.4, 0.5) is 26.0 Å². The minimum Gasteiger partial charge on any atom is -0.392 e. The number of ketones is 1. The molecule has 0 amide bonds. The number of carbonyl (C=O) groups excluding carboxylic acids is 1. The maximum absolute atomic E-state index is 13.3. The van der Waals surface area contributed by atoms with Crippen molar-refractivity contribution >= 4 is 23.0 Å². The number of nitrogens with one attached hydrogen (secondary N) is 1. The quantitative estimate of drug-likeness (QED) is 0.421. The number of anilines is 3. The van der Waals surface area contributed by atoms with E-state index in [9.17, 15) is 23.5 Å². The van der Waals surface area contributed by atoms with Crippen molar-refractivity contribution in [2.24, 2.45) is 14.1 Å². The number of likely N-dealkylation sites (tertiary alicyclic amines) is 1. The highest BCUT2D eigenvalue weighted by molar-refractivity contribution is 6.11. The molecule has 0 spiro atoms. The van der Waals surface area contributed by atoms with Gasteiger partial charge in [0.15, 0.2) is 5.82 Å². The van der Waals surface area contributed by atoms with E-state index in [4.69, 9.17) is 0 Å². The molecule has 0 atom stereocenters.